The lowest BCUT2D eigenvalue weighted by molar-refractivity contribution is 0.0997. The number of pyridine rings is 1. The molecule has 21 heavy (non-hydrogen) atoms. The van der Waals surface area contributed by atoms with E-state index in [1.54, 1.807) is 0 Å². The van der Waals surface area contributed by atoms with Gasteiger partial charge in [-0.15, -0.1) is 0 Å². The Morgan fingerprint density at radius 2 is 1.86 bits per heavy atom. The van der Waals surface area contributed by atoms with Gasteiger partial charge in [-0.25, -0.2) is 0 Å². The Hall–Kier alpha value is -1.09. The fourth-order valence-corrected chi connectivity index (χ4v) is 3.17. The van der Waals surface area contributed by atoms with Gasteiger partial charge in [-0.05, 0) is 57.9 Å². The van der Waals surface area contributed by atoms with Gasteiger partial charge in [0.15, 0.2) is 0 Å². The summed E-state index contributed by atoms with van der Waals surface area (Å²) in [6.07, 6.45) is 7.75. The average Bonchev–Trinajstić information content (AvgIpc) is 2.35. The Labute approximate surface area is 129 Å². The second kappa shape index (κ2) is 6.78. The fraction of sp³-hybridized carbons (Fsp3) is 0.722. The maximum atomic E-state index is 6.31. The molecule has 3 nitrogen and oxygen atoms in total. The fourth-order valence-electron chi connectivity index (χ4n) is 3.17. The van der Waals surface area contributed by atoms with Crippen molar-refractivity contribution in [2.24, 2.45) is 11.8 Å². The predicted octanol–water partition coefficient (Wildman–Crippen LogP) is 4.17. The first-order chi connectivity index (χ1) is 9.83. The van der Waals surface area contributed by atoms with Gasteiger partial charge < -0.3 is 10.1 Å². The highest BCUT2D eigenvalue weighted by atomic mass is 16.5. The van der Waals surface area contributed by atoms with Crippen molar-refractivity contribution < 1.29 is 4.74 Å². The third-order valence-electron chi connectivity index (χ3n) is 4.10. The average molecular weight is 290 g/mol. The predicted molar refractivity (Wildman–Crippen MR) is 87.4 cm³/mol. The molecule has 2 unspecified atom stereocenters. The van der Waals surface area contributed by atoms with E-state index < -0.39 is 0 Å². The van der Waals surface area contributed by atoms with E-state index in [9.17, 15) is 0 Å². The molecule has 1 aromatic rings. The minimum atomic E-state index is 0.0982. The van der Waals surface area contributed by atoms with Crippen LogP contribution in [-0.4, -0.2) is 16.6 Å². The van der Waals surface area contributed by atoms with Crippen LogP contribution in [0.1, 0.15) is 59.4 Å². The number of nitrogens with zero attached hydrogens (tertiary/aromatic N) is 1. The van der Waals surface area contributed by atoms with Crippen LogP contribution in [0.25, 0.3) is 0 Å². The van der Waals surface area contributed by atoms with E-state index in [0.29, 0.717) is 6.10 Å². The van der Waals surface area contributed by atoms with Crippen molar-refractivity contribution in [2.45, 2.75) is 72.1 Å². The summed E-state index contributed by atoms with van der Waals surface area (Å²) in [5.41, 5.74) is 1.25. The van der Waals surface area contributed by atoms with Crippen molar-refractivity contribution >= 4 is 0 Å². The third-order valence-corrected chi connectivity index (χ3v) is 4.10. The highest BCUT2D eigenvalue weighted by molar-refractivity contribution is 5.30. The van der Waals surface area contributed by atoms with Crippen LogP contribution < -0.4 is 10.1 Å². The molecule has 0 amide bonds. The van der Waals surface area contributed by atoms with Crippen molar-refractivity contribution in [3.8, 4) is 5.75 Å². The number of hydrogen-bond donors (Lipinski definition) is 1. The molecule has 1 fully saturated rings. The zero-order valence-corrected chi connectivity index (χ0v) is 14.1. The van der Waals surface area contributed by atoms with Crippen LogP contribution >= 0.6 is 0 Å². The quantitative estimate of drug-likeness (QED) is 0.903. The van der Waals surface area contributed by atoms with Crippen molar-refractivity contribution in [1.29, 1.82) is 0 Å². The maximum absolute atomic E-state index is 6.31. The summed E-state index contributed by atoms with van der Waals surface area (Å²) < 4.78 is 6.31. The van der Waals surface area contributed by atoms with Crippen molar-refractivity contribution in [3.05, 3.63) is 24.0 Å². The monoisotopic (exact) mass is 290 g/mol. The Balaban J connectivity index is 2.02. The Bertz CT molecular complexity index is 443. The van der Waals surface area contributed by atoms with Crippen LogP contribution in [-0.2, 0) is 6.54 Å². The summed E-state index contributed by atoms with van der Waals surface area (Å²) in [5.74, 6) is 2.52. The Kier molecular flexibility index (Phi) is 5.26. The zero-order chi connectivity index (χ0) is 15.5. The number of aromatic nitrogens is 1. The van der Waals surface area contributed by atoms with Crippen LogP contribution in [0.3, 0.4) is 0 Å². The van der Waals surface area contributed by atoms with Crippen LogP contribution in [0, 0.1) is 11.8 Å². The number of nitrogens with one attached hydrogen (secondary N) is 1. The topological polar surface area (TPSA) is 34.1 Å². The molecule has 1 N–H and O–H groups in total. The minimum Gasteiger partial charge on any atom is -0.490 e. The van der Waals surface area contributed by atoms with E-state index in [4.69, 9.17) is 4.74 Å². The van der Waals surface area contributed by atoms with E-state index in [1.807, 2.05) is 18.5 Å². The lowest BCUT2D eigenvalue weighted by Crippen LogP contribution is -2.35. The molecule has 0 saturated heterocycles. The molecule has 0 aliphatic heterocycles. The smallest absolute Gasteiger partial charge is 0.127 e. The maximum Gasteiger partial charge on any atom is 0.127 e. The van der Waals surface area contributed by atoms with Crippen LogP contribution in [0.2, 0.25) is 0 Å². The van der Waals surface area contributed by atoms with Gasteiger partial charge in [-0.3, -0.25) is 4.98 Å². The lowest BCUT2D eigenvalue weighted by Gasteiger charge is -2.32. The van der Waals surface area contributed by atoms with Gasteiger partial charge in [0.2, 0.25) is 0 Å². The summed E-state index contributed by atoms with van der Waals surface area (Å²) in [6, 6.07) is 2.00. The molecule has 1 aliphatic rings. The van der Waals surface area contributed by atoms with Crippen molar-refractivity contribution in [2.75, 3.05) is 0 Å². The molecule has 0 bridgehead atoms. The minimum absolute atomic E-state index is 0.0982. The first-order valence-electron chi connectivity index (χ1n) is 8.18. The van der Waals surface area contributed by atoms with Crippen LogP contribution in [0.15, 0.2) is 18.5 Å². The van der Waals surface area contributed by atoms with Gasteiger partial charge in [0.25, 0.3) is 0 Å². The summed E-state index contributed by atoms with van der Waals surface area (Å²) in [6.45, 7) is 12.0. The largest absolute Gasteiger partial charge is 0.490 e. The molecule has 2 atom stereocenters. The van der Waals surface area contributed by atoms with Crippen molar-refractivity contribution in [3.63, 3.8) is 0 Å². The summed E-state index contributed by atoms with van der Waals surface area (Å²) >= 11 is 0. The molecule has 0 aromatic carbocycles. The van der Waals surface area contributed by atoms with Crippen LogP contribution in [0.4, 0.5) is 0 Å². The SMILES string of the molecule is CC1CC(C)CC(Oc2ccncc2CNC(C)(C)C)C1. The summed E-state index contributed by atoms with van der Waals surface area (Å²) in [7, 11) is 0. The zero-order valence-electron chi connectivity index (χ0n) is 14.1. The standard InChI is InChI=1S/C18H30N2O/c1-13-8-14(2)10-16(9-13)21-17-6-7-19-11-15(17)12-20-18(3,4)5/h6-7,11,13-14,16,20H,8-10,12H2,1-5H3. The number of rotatable bonds is 4. The Morgan fingerprint density at radius 1 is 1.19 bits per heavy atom. The van der Waals surface area contributed by atoms with E-state index in [1.165, 1.54) is 19.3 Å². The van der Waals surface area contributed by atoms with Crippen molar-refractivity contribution in [1.82, 2.24) is 10.3 Å². The van der Waals surface area contributed by atoms with E-state index in [2.05, 4.69) is 44.9 Å². The molecule has 1 aromatic heterocycles. The molecule has 1 saturated carbocycles. The van der Waals surface area contributed by atoms with Crippen LogP contribution in [0.5, 0.6) is 5.75 Å². The first kappa shape index (κ1) is 16.3. The molecule has 2 rings (SSSR count). The molecule has 0 spiro atoms. The molecule has 3 heteroatoms. The number of ether oxygens (including phenoxy) is 1. The van der Waals surface area contributed by atoms with Gasteiger partial charge in [-0.2, -0.15) is 0 Å². The molecule has 1 aliphatic carbocycles. The molecular weight excluding hydrogens is 260 g/mol. The summed E-state index contributed by atoms with van der Waals surface area (Å²) in [4.78, 5) is 4.25. The van der Waals surface area contributed by atoms with Gasteiger partial charge in [-0.1, -0.05) is 13.8 Å². The van der Waals surface area contributed by atoms with Gasteiger partial charge in [0, 0.05) is 30.0 Å². The van der Waals surface area contributed by atoms with Gasteiger partial charge in [0.05, 0.1) is 6.10 Å². The van der Waals surface area contributed by atoms with E-state index >= 15 is 0 Å². The van der Waals surface area contributed by atoms with E-state index in [0.717, 1.165) is 29.7 Å². The second-order valence-electron chi connectivity index (χ2n) is 7.74. The number of hydrogen-bond acceptors (Lipinski definition) is 3. The molecule has 1 heterocycles. The molecule has 118 valence electrons. The molecule has 0 radical (unpaired) electrons. The highest BCUT2D eigenvalue weighted by Crippen LogP contribution is 2.32. The molecular formula is C18H30N2O. The second-order valence-corrected chi connectivity index (χ2v) is 7.74. The highest BCUT2D eigenvalue weighted by Gasteiger charge is 2.25. The van der Waals surface area contributed by atoms with E-state index in [-0.39, 0.29) is 5.54 Å². The lowest BCUT2D eigenvalue weighted by atomic mass is 9.82. The Morgan fingerprint density at radius 3 is 2.48 bits per heavy atom. The van der Waals surface area contributed by atoms with Gasteiger partial charge in [0.1, 0.15) is 5.75 Å². The summed E-state index contributed by atoms with van der Waals surface area (Å²) in [5, 5.41) is 3.51. The normalized spacial score (nSPS) is 26.6. The van der Waals surface area contributed by atoms with Gasteiger partial charge >= 0.3 is 0 Å². The first-order valence-corrected chi connectivity index (χ1v) is 8.18. The third kappa shape index (κ3) is 5.31.